The minimum absolute atomic E-state index is 0.0319. The summed E-state index contributed by atoms with van der Waals surface area (Å²) >= 11 is 0. The van der Waals surface area contributed by atoms with Gasteiger partial charge in [0, 0.05) is 13.1 Å². The second-order valence-corrected chi connectivity index (χ2v) is 10.4. The van der Waals surface area contributed by atoms with Gasteiger partial charge in [-0.1, -0.05) is 63.9 Å². The van der Waals surface area contributed by atoms with E-state index in [0.717, 1.165) is 32.1 Å². The lowest BCUT2D eigenvalue weighted by Gasteiger charge is -2.42. The molecule has 0 spiro atoms. The molecule has 0 saturated carbocycles. The molecule has 1 saturated heterocycles. The first-order valence-corrected chi connectivity index (χ1v) is 12.7. The Hall–Kier alpha value is -2.57. The van der Waals surface area contributed by atoms with Crippen LogP contribution in [0.25, 0.3) is 0 Å². The smallest absolute Gasteiger partial charge is 0.427 e. The molecule has 1 aromatic rings. The van der Waals surface area contributed by atoms with Gasteiger partial charge >= 0.3 is 6.16 Å². The van der Waals surface area contributed by atoms with E-state index in [-0.39, 0.29) is 18.2 Å². The summed E-state index contributed by atoms with van der Waals surface area (Å²) in [6, 6.07) is 9.73. The molecule has 0 unspecified atom stereocenters. The maximum atomic E-state index is 13.2. The van der Waals surface area contributed by atoms with Crippen LogP contribution < -0.4 is 0 Å². The van der Waals surface area contributed by atoms with E-state index in [4.69, 9.17) is 14.6 Å². The molecule has 1 fully saturated rings. The summed E-state index contributed by atoms with van der Waals surface area (Å²) in [5.41, 5.74) is 0.560. The van der Waals surface area contributed by atoms with E-state index >= 15 is 0 Å². The van der Waals surface area contributed by atoms with Gasteiger partial charge in [-0.05, 0) is 57.9 Å². The standard InChI is InChI=1S/C27H43N3O4/c1-7-8-12-17-28-25-29(18-13-16-22-14-10-9-11-15-22)20-24(31)23(19-21(2)3)30(25)34-26(32)33-27(4,5)6/h9-11,14-15,21,23H,7-8,12-13,16-20H2,1-6H3/t23-/m0/s1. The minimum Gasteiger partial charge on any atom is -0.427 e. The number of rotatable bonds is 11. The van der Waals surface area contributed by atoms with Crippen molar-refractivity contribution in [2.24, 2.45) is 10.9 Å². The first-order valence-electron chi connectivity index (χ1n) is 12.7. The fourth-order valence-electron chi connectivity index (χ4n) is 3.91. The number of guanidine groups is 1. The zero-order valence-corrected chi connectivity index (χ0v) is 21.9. The minimum atomic E-state index is -0.818. The number of aliphatic imine (C=N–C) groups is 1. The highest BCUT2D eigenvalue weighted by atomic mass is 16.8. The highest BCUT2D eigenvalue weighted by molar-refractivity contribution is 5.97. The Morgan fingerprint density at radius 1 is 1.15 bits per heavy atom. The number of hydrogen-bond acceptors (Lipinski definition) is 5. The molecular weight excluding hydrogens is 430 g/mol. The summed E-state index contributed by atoms with van der Waals surface area (Å²) < 4.78 is 5.41. The maximum Gasteiger partial charge on any atom is 0.534 e. The molecule has 0 N–H and O–H groups in total. The molecule has 1 aliphatic heterocycles. The quantitative estimate of drug-likeness (QED) is 0.306. The van der Waals surface area contributed by atoms with Gasteiger partial charge in [-0.2, -0.15) is 5.06 Å². The summed E-state index contributed by atoms with van der Waals surface area (Å²) in [5.74, 6) is 0.842. The molecule has 1 atom stereocenters. The van der Waals surface area contributed by atoms with Crippen LogP contribution in [-0.4, -0.2) is 59.1 Å². The summed E-state index contributed by atoms with van der Waals surface area (Å²) in [6.07, 6.45) is 4.64. The van der Waals surface area contributed by atoms with Gasteiger partial charge in [0.15, 0.2) is 5.78 Å². The third kappa shape index (κ3) is 9.35. The number of unbranched alkanes of at least 4 members (excludes halogenated alkanes) is 2. The van der Waals surface area contributed by atoms with Gasteiger partial charge in [0.2, 0.25) is 5.96 Å². The SMILES string of the molecule is CCCCCN=C1N(CCCc2ccccc2)CC(=O)[C@H](CC(C)C)N1OC(=O)OC(C)(C)C. The Morgan fingerprint density at radius 3 is 2.47 bits per heavy atom. The predicted octanol–water partition coefficient (Wildman–Crippen LogP) is 5.63. The number of carbonyl (C=O) groups is 2. The Labute approximate surface area is 205 Å². The van der Waals surface area contributed by atoms with E-state index in [0.29, 0.717) is 25.5 Å². The third-order valence-electron chi connectivity index (χ3n) is 5.49. The molecule has 7 heteroatoms. The first kappa shape index (κ1) is 27.7. The number of ether oxygens (including phenoxy) is 1. The topological polar surface area (TPSA) is 71.4 Å². The van der Waals surface area contributed by atoms with Crippen molar-refractivity contribution < 1.29 is 19.2 Å². The molecule has 1 heterocycles. The third-order valence-corrected chi connectivity index (χ3v) is 5.49. The number of carbonyl (C=O) groups excluding carboxylic acids is 2. The Bertz CT molecular complexity index is 802. The van der Waals surface area contributed by atoms with Crippen molar-refractivity contribution in [3.05, 3.63) is 35.9 Å². The van der Waals surface area contributed by atoms with E-state index in [2.05, 4.69) is 32.9 Å². The lowest BCUT2D eigenvalue weighted by molar-refractivity contribution is -0.156. The zero-order chi connectivity index (χ0) is 25.1. The average molecular weight is 474 g/mol. The van der Waals surface area contributed by atoms with Crippen LogP contribution in [0.15, 0.2) is 35.3 Å². The van der Waals surface area contributed by atoms with Gasteiger partial charge in [-0.25, -0.2) is 4.79 Å². The lowest BCUT2D eigenvalue weighted by atomic mass is 9.98. The molecular formula is C27H43N3O4. The van der Waals surface area contributed by atoms with Crippen LogP contribution in [0.5, 0.6) is 0 Å². The molecule has 0 bridgehead atoms. The summed E-state index contributed by atoms with van der Waals surface area (Å²) in [5, 5.41) is 1.42. The van der Waals surface area contributed by atoms with Crippen LogP contribution in [0, 0.1) is 5.92 Å². The van der Waals surface area contributed by atoms with E-state index in [1.54, 1.807) is 20.8 Å². The number of hydrogen-bond donors (Lipinski definition) is 0. The molecule has 190 valence electrons. The highest BCUT2D eigenvalue weighted by Crippen LogP contribution is 2.23. The van der Waals surface area contributed by atoms with Gasteiger partial charge in [0.1, 0.15) is 11.6 Å². The number of nitrogens with zero attached hydrogens (tertiary/aromatic N) is 3. The number of aryl methyl sites for hydroxylation is 1. The van der Waals surface area contributed by atoms with Crippen molar-refractivity contribution in [3.8, 4) is 0 Å². The lowest BCUT2D eigenvalue weighted by Crippen LogP contribution is -2.61. The van der Waals surface area contributed by atoms with Gasteiger partial charge in [0.05, 0.1) is 6.54 Å². The van der Waals surface area contributed by atoms with Crippen LogP contribution in [-0.2, 0) is 20.8 Å². The van der Waals surface area contributed by atoms with Crippen molar-refractivity contribution in [2.45, 2.75) is 91.7 Å². The Kier molecular flexibility index (Phi) is 10.9. The summed E-state index contributed by atoms with van der Waals surface area (Å²) in [4.78, 5) is 38.3. The van der Waals surface area contributed by atoms with Crippen LogP contribution in [0.4, 0.5) is 4.79 Å². The fraction of sp³-hybridized carbons (Fsp3) is 0.667. The molecule has 0 aliphatic carbocycles. The van der Waals surface area contributed by atoms with E-state index in [1.807, 2.05) is 23.1 Å². The largest absolute Gasteiger partial charge is 0.534 e. The molecule has 1 aromatic carbocycles. The van der Waals surface area contributed by atoms with Crippen molar-refractivity contribution in [1.82, 2.24) is 9.96 Å². The number of ketones is 1. The molecule has 2 rings (SSSR count). The zero-order valence-electron chi connectivity index (χ0n) is 21.9. The molecule has 34 heavy (non-hydrogen) atoms. The molecule has 7 nitrogen and oxygen atoms in total. The van der Waals surface area contributed by atoms with E-state index < -0.39 is 17.8 Å². The normalized spacial score (nSPS) is 18.0. The number of hydroxylamine groups is 2. The summed E-state index contributed by atoms with van der Waals surface area (Å²) in [7, 11) is 0. The second-order valence-electron chi connectivity index (χ2n) is 10.4. The summed E-state index contributed by atoms with van der Waals surface area (Å²) in [6.45, 7) is 13.2. The van der Waals surface area contributed by atoms with E-state index in [1.165, 1.54) is 10.6 Å². The predicted molar refractivity (Wildman–Crippen MR) is 136 cm³/mol. The average Bonchev–Trinajstić information content (AvgIpc) is 2.74. The van der Waals surface area contributed by atoms with Crippen LogP contribution in [0.3, 0.4) is 0 Å². The molecule has 0 aromatic heterocycles. The monoisotopic (exact) mass is 473 g/mol. The maximum absolute atomic E-state index is 13.2. The number of Topliss-reactive ketones (excluding diaryl/α,β-unsaturated/α-hetero) is 1. The molecule has 0 radical (unpaired) electrons. The van der Waals surface area contributed by atoms with Gasteiger partial charge < -0.3 is 14.5 Å². The van der Waals surface area contributed by atoms with Gasteiger partial charge in [-0.3, -0.25) is 9.79 Å². The Morgan fingerprint density at radius 2 is 1.85 bits per heavy atom. The highest BCUT2D eigenvalue weighted by Gasteiger charge is 2.41. The molecule has 1 aliphatic rings. The van der Waals surface area contributed by atoms with Gasteiger partial charge in [0.25, 0.3) is 0 Å². The van der Waals surface area contributed by atoms with Crippen LogP contribution in [0.2, 0.25) is 0 Å². The van der Waals surface area contributed by atoms with Crippen molar-refractivity contribution in [1.29, 1.82) is 0 Å². The van der Waals surface area contributed by atoms with Crippen molar-refractivity contribution in [2.75, 3.05) is 19.6 Å². The van der Waals surface area contributed by atoms with Crippen LogP contribution >= 0.6 is 0 Å². The molecule has 0 amide bonds. The van der Waals surface area contributed by atoms with Gasteiger partial charge in [-0.15, -0.1) is 0 Å². The Balaban J connectivity index is 2.26. The second kappa shape index (κ2) is 13.4. The van der Waals surface area contributed by atoms with Crippen LogP contribution in [0.1, 0.15) is 79.2 Å². The van der Waals surface area contributed by atoms with Crippen molar-refractivity contribution in [3.63, 3.8) is 0 Å². The number of benzene rings is 1. The fourth-order valence-corrected chi connectivity index (χ4v) is 3.91. The van der Waals surface area contributed by atoms with Crippen molar-refractivity contribution >= 4 is 17.9 Å². The first-order chi connectivity index (χ1) is 16.1. The van der Waals surface area contributed by atoms with E-state index in [9.17, 15) is 9.59 Å².